The summed E-state index contributed by atoms with van der Waals surface area (Å²) in [6.45, 7) is 0. The molecule has 3 heteroatoms. The SMILES string of the molecule is O=C(CCCCl)NC1C2CC3CC(C2)CC1C3. The van der Waals surface area contributed by atoms with Gasteiger partial charge in [-0.15, -0.1) is 11.6 Å². The Balaban J connectivity index is 1.58. The Hall–Kier alpha value is -0.240. The molecule has 0 aromatic carbocycles. The Bertz CT molecular complexity index is 277. The molecule has 0 spiro atoms. The second-order valence-electron chi connectivity index (χ2n) is 6.32. The van der Waals surface area contributed by atoms with Crippen LogP contribution in [0.15, 0.2) is 0 Å². The topological polar surface area (TPSA) is 29.1 Å². The highest BCUT2D eigenvalue weighted by atomic mass is 35.5. The van der Waals surface area contributed by atoms with E-state index in [1.165, 1.54) is 32.1 Å². The number of hydrogen-bond acceptors (Lipinski definition) is 1. The summed E-state index contributed by atoms with van der Waals surface area (Å²) in [5.41, 5.74) is 0. The second-order valence-corrected chi connectivity index (χ2v) is 6.69. The summed E-state index contributed by atoms with van der Waals surface area (Å²) in [6, 6.07) is 0.491. The van der Waals surface area contributed by atoms with E-state index in [1.54, 1.807) is 0 Å². The van der Waals surface area contributed by atoms with Crippen LogP contribution in [0.4, 0.5) is 0 Å². The van der Waals surface area contributed by atoms with Gasteiger partial charge in [0.15, 0.2) is 0 Å². The van der Waals surface area contributed by atoms with E-state index in [1.807, 2.05) is 0 Å². The van der Waals surface area contributed by atoms with Crippen molar-refractivity contribution in [2.24, 2.45) is 23.7 Å². The van der Waals surface area contributed by atoms with Gasteiger partial charge in [0, 0.05) is 18.3 Å². The van der Waals surface area contributed by atoms with Crippen LogP contribution in [-0.4, -0.2) is 17.8 Å². The molecule has 4 bridgehead atoms. The monoisotopic (exact) mass is 255 g/mol. The summed E-state index contributed by atoms with van der Waals surface area (Å²) < 4.78 is 0. The number of amides is 1. The smallest absolute Gasteiger partial charge is 0.220 e. The first kappa shape index (κ1) is 11.8. The van der Waals surface area contributed by atoms with Crippen LogP contribution in [0.25, 0.3) is 0 Å². The van der Waals surface area contributed by atoms with Gasteiger partial charge >= 0.3 is 0 Å². The lowest BCUT2D eigenvalue weighted by Crippen LogP contribution is -2.55. The summed E-state index contributed by atoms with van der Waals surface area (Å²) in [4.78, 5) is 11.8. The van der Waals surface area contributed by atoms with E-state index in [9.17, 15) is 4.79 Å². The molecule has 4 saturated carbocycles. The minimum absolute atomic E-state index is 0.225. The average molecular weight is 256 g/mol. The fourth-order valence-electron chi connectivity index (χ4n) is 4.65. The number of nitrogens with one attached hydrogen (secondary N) is 1. The summed E-state index contributed by atoms with van der Waals surface area (Å²) in [5, 5.41) is 3.30. The van der Waals surface area contributed by atoms with Crippen LogP contribution >= 0.6 is 11.6 Å². The molecule has 0 unspecified atom stereocenters. The van der Waals surface area contributed by atoms with E-state index in [4.69, 9.17) is 11.6 Å². The summed E-state index contributed by atoms with van der Waals surface area (Å²) in [6.07, 6.45) is 8.36. The Morgan fingerprint density at radius 1 is 1.06 bits per heavy atom. The van der Waals surface area contributed by atoms with Crippen molar-refractivity contribution in [3.8, 4) is 0 Å². The summed E-state index contributed by atoms with van der Waals surface area (Å²) >= 11 is 5.63. The lowest BCUT2D eigenvalue weighted by molar-refractivity contribution is -0.125. The third kappa shape index (κ3) is 2.33. The Labute approximate surface area is 108 Å². The maximum absolute atomic E-state index is 11.8. The highest BCUT2D eigenvalue weighted by Gasteiger charge is 2.48. The number of rotatable bonds is 4. The molecular weight excluding hydrogens is 234 g/mol. The minimum Gasteiger partial charge on any atom is -0.353 e. The summed E-state index contributed by atoms with van der Waals surface area (Å²) in [7, 11) is 0. The molecule has 4 fully saturated rings. The lowest BCUT2D eigenvalue weighted by atomic mass is 9.54. The Morgan fingerprint density at radius 2 is 1.65 bits per heavy atom. The summed E-state index contributed by atoms with van der Waals surface area (Å²) in [5.74, 6) is 4.34. The predicted octanol–water partition coefficient (Wildman–Crippen LogP) is 2.95. The molecule has 0 aromatic rings. The van der Waals surface area contributed by atoms with Crippen molar-refractivity contribution in [1.82, 2.24) is 5.32 Å². The molecule has 17 heavy (non-hydrogen) atoms. The molecule has 2 nitrogen and oxygen atoms in total. The van der Waals surface area contributed by atoms with E-state index < -0.39 is 0 Å². The van der Waals surface area contributed by atoms with E-state index in [0.29, 0.717) is 18.3 Å². The third-order valence-corrected chi connectivity index (χ3v) is 5.36. The molecule has 1 N–H and O–H groups in total. The van der Waals surface area contributed by atoms with Crippen LogP contribution in [0.5, 0.6) is 0 Å². The highest BCUT2D eigenvalue weighted by molar-refractivity contribution is 6.17. The number of carbonyl (C=O) groups is 1. The molecule has 96 valence electrons. The first-order valence-electron chi connectivity index (χ1n) is 7.11. The van der Waals surface area contributed by atoms with Crippen LogP contribution in [0.1, 0.15) is 44.9 Å². The van der Waals surface area contributed by atoms with Crippen LogP contribution in [0, 0.1) is 23.7 Å². The van der Waals surface area contributed by atoms with Gasteiger partial charge in [-0.25, -0.2) is 0 Å². The van der Waals surface area contributed by atoms with Crippen LogP contribution < -0.4 is 5.32 Å². The zero-order chi connectivity index (χ0) is 11.8. The maximum Gasteiger partial charge on any atom is 0.220 e. The van der Waals surface area contributed by atoms with Crippen molar-refractivity contribution in [1.29, 1.82) is 0 Å². The molecule has 0 aromatic heterocycles. The molecule has 4 rings (SSSR count). The van der Waals surface area contributed by atoms with Crippen molar-refractivity contribution >= 4 is 17.5 Å². The second kappa shape index (κ2) is 4.79. The Morgan fingerprint density at radius 3 is 2.18 bits per heavy atom. The molecule has 4 aliphatic carbocycles. The zero-order valence-electron chi connectivity index (χ0n) is 10.3. The first-order valence-corrected chi connectivity index (χ1v) is 7.65. The van der Waals surface area contributed by atoms with Crippen LogP contribution in [0.3, 0.4) is 0 Å². The molecular formula is C14H22ClNO. The molecule has 0 atom stereocenters. The average Bonchev–Trinajstić information content (AvgIpc) is 2.30. The fourth-order valence-corrected chi connectivity index (χ4v) is 4.78. The van der Waals surface area contributed by atoms with Crippen molar-refractivity contribution in [2.75, 3.05) is 5.88 Å². The molecule has 1 amide bonds. The molecule has 0 radical (unpaired) electrons. The van der Waals surface area contributed by atoms with Gasteiger partial charge in [-0.05, 0) is 62.2 Å². The van der Waals surface area contributed by atoms with Gasteiger partial charge in [0.1, 0.15) is 0 Å². The molecule has 0 saturated heterocycles. The normalized spacial score (nSPS) is 42.8. The number of hydrogen-bond donors (Lipinski definition) is 1. The number of carbonyl (C=O) groups excluding carboxylic acids is 1. The van der Waals surface area contributed by atoms with Gasteiger partial charge < -0.3 is 5.32 Å². The fraction of sp³-hybridized carbons (Fsp3) is 0.929. The van der Waals surface area contributed by atoms with E-state index >= 15 is 0 Å². The van der Waals surface area contributed by atoms with Gasteiger partial charge in [0.25, 0.3) is 0 Å². The lowest BCUT2D eigenvalue weighted by Gasteiger charge is -2.54. The standard InChI is InChI=1S/C14H22ClNO/c15-3-1-2-13(17)16-14-11-5-9-4-10(7-11)8-12(14)6-9/h9-12,14H,1-8H2,(H,16,17). The van der Waals surface area contributed by atoms with Gasteiger partial charge in [0.2, 0.25) is 5.91 Å². The van der Waals surface area contributed by atoms with E-state index in [-0.39, 0.29) is 5.91 Å². The van der Waals surface area contributed by atoms with Gasteiger partial charge in [-0.1, -0.05) is 0 Å². The zero-order valence-corrected chi connectivity index (χ0v) is 11.1. The van der Waals surface area contributed by atoms with Crippen LogP contribution in [0.2, 0.25) is 0 Å². The third-order valence-electron chi connectivity index (χ3n) is 5.09. The van der Waals surface area contributed by atoms with E-state index in [0.717, 1.165) is 30.1 Å². The molecule has 0 heterocycles. The van der Waals surface area contributed by atoms with Crippen molar-refractivity contribution in [3.05, 3.63) is 0 Å². The van der Waals surface area contributed by atoms with Gasteiger partial charge in [-0.3, -0.25) is 4.79 Å². The van der Waals surface area contributed by atoms with Crippen molar-refractivity contribution in [2.45, 2.75) is 51.0 Å². The molecule has 4 aliphatic rings. The largest absolute Gasteiger partial charge is 0.353 e. The van der Waals surface area contributed by atoms with Gasteiger partial charge in [-0.2, -0.15) is 0 Å². The number of alkyl halides is 1. The quantitative estimate of drug-likeness (QED) is 0.769. The first-order chi connectivity index (χ1) is 8.26. The highest BCUT2D eigenvalue weighted by Crippen LogP contribution is 2.53. The molecule has 0 aliphatic heterocycles. The predicted molar refractivity (Wildman–Crippen MR) is 68.9 cm³/mol. The number of halogens is 1. The minimum atomic E-state index is 0.225. The Kier molecular flexibility index (Phi) is 3.34. The van der Waals surface area contributed by atoms with Crippen molar-refractivity contribution < 1.29 is 4.79 Å². The van der Waals surface area contributed by atoms with E-state index in [2.05, 4.69) is 5.32 Å². The maximum atomic E-state index is 11.8. The van der Waals surface area contributed by atoms with Gasteiger partial charge in [0.05, 0.1) is 0 Å². The van der Waals surface area contributed by atoms with Crippen LogP contribution in [-0.2, 0) is 4.79 Å². The van der Waals surface area contributed by atoms with Crippen molar-refractivity contribution in [3.63, 3.8) is 0 Å².